The summed E-state index contributed by atoms with van der Waals surface area (Å²) in [6, 6.07) is 21.7. The van der Waals surface area contributed by atoms with E-state index in [0.717, 1.165) is 56.0 Å². The Hall–Kier alpha value is -3.81. The largest absolute Gasteiger partial charge is 0.425 e. The third kappa shape index (κ3) is 7.85. The van der Waals surface area contributed by atoms with E-state index < -0.39 is 5.97 Å². The molecule has 7 nitrogen and oxygen atoms in total. The van der Waals surface area contributed by atoms with E-state index in [-0.39, 0.29) is 11.9 Å². The molecule has 7 heteroatoms. The number of rotatable bonds is 10. The van der Waals surface area contributed by atoms with Crippen molar-refractivity contribution in [3.05, 3.63) is 101 Å². The van der Waals surface area contributed by atoms with Crippen LogP contribution in [0, 0.1) is 13.8 Å². The van der Waals surface area contributed by atoms with Gasteiger partial charge in [-0.05, 0) is 44.0 Å². The molecule has 2 aromatic carbocycles. The minimum absolute atomic E-state index is 0.148. The summed E-state index contributed by atoms with van der Waals surface area (Å²) in [5, 5.41) is 2.98. The average molecular weight is 527 g/mol. The van der Waals surface area contributed by atoms with Gasteiger partial charge in [-0.1, -0.05) is 60.7 Å². The molecule has 1 amide bonds. The van der Waals surface area contributed by atoms with Crippen LogP contribution < -0.4 is 10.1 Å². The number of aromatic nitrogens is 1. The third-order valence-corrected chi connectivity index (χ3v) is 7.15. The Balaban J connectivity index is 1.23. The molecule has 1 fully saturated rings. The number of ether oxygens (including phenoxy) is 1. The first kappa shape index (κ1) is 28.2. The van der Waals surface area contributed by atoms with Gasteiger partial charge in [-0.15, -0.1) is 0 Å². The van der Waals surface area contributed by atoms with Crippen LogP contribution in [0.25, 0.3) is 6.08 Å². The minimum atomic E-state index is -0.398. The first-order valence-electron chi connectivity index (χ1n) is 13.6. The number of pyridine rings is 1. The fourth-order valence-corrected chi connectivity index (χ4v) is 5.09. The Kier molecular flexibility index (Phi) is 10.00. The van der Waals surface area contributed by atoms with Gasteiger partial charge in [-0.2, -0.15) is 0 Å². The van der Waals surface area contributed by atoms with E-state index in [0.29, 0.717) is 12.3 Å². The minimum Gasteiger partial charge on any atom is -0.425 e. The summed E-state index contributed by atoms with van der Waals surface area (Å²) in [5.74, 6) is -0.137. The fraction of sp³-hybridized carbons (Fsp3) is 0.344. The van der Waals surface area contributed by atoms with E-state index in [9.17, 15) is 9.59 Å². The van der Waals surface area contributed by atoms with Crippen molar-refractivity contribution in [1.82, 2.24) is 20.1 Å². The standard InChI is InChI=1S/C32H38N4O3/c1-24-29(25(2)34-23-30(24)39-26(3)37)15-16-31(38)33-17-10-18-35-19-21-36(22-20-35)32(27-11-6-4-7-12-27)28-13-8-5-9-14-28/h4-9,11-16,23,32H,10,17-22H2,1-3H3,(H,33,38). The van der Waals surface area contributed by atoms with Crippen LogP contribution in [0.3, 0.4) is 0 Å². The van der Waals surface area contributed by atoms with Gasteiger partial charge in [0, 0.05) is 62.5 Å². The third-order valence-electron chi connectivity index (χ3n) is 7.15. The molecule has 0 spiro atoms. The van der Waals surface area contributed by atoms with Crippen molar-refractivity contribution in [2.24, 2.45) is 0 Å². The fourth-order valence-electron chi connectivity index (χ4n) is 5.09. The second-order valence-corrected chi connectivity index (χ2v) is 9.92. The monoisotopic (exact) mass is 526 g/mol. The van der Waals surface area contributed by atoms with Gasteiger partial charge in [-0.25, -0.2) is 0 Å². The molecule has 4 rings (SSSR count). The number of amides is 1. The average Bonchev–Trinajstić information content (AvgIpc) is 2.94. The molecule has 1 aromatic heterocycles. The quantitative estimate of drug-likeness (QED) is 0.237. The molecular formula is C32H38N4O3. The van der Waals surface area contributed by atoms with E-state index in [1.807, 2.05) is 13.8 Å². The molecule has 0 bridgehead atoms. The van der Waals surface area contributed by atoms with Crippen molar-refractivity contribution in [1.29, 1.82) is 0 Å². The van der Waals surface area contributed by atoms with Gasteiger partial charge in [0.05, 0.1) is 12.2 Å². The maximum absolute atomic E-state index is 12.4. The highest BCUT2D eigenvalue weighted by atomic mass is 16.5. The van der Waals surface area contributed by atoms with Crippen LogP contribution in [0.1, 0.15) is 47.3 Å². The molecule has 1 saturated heterocycles. The molecule has 1 aliphatic heterocycles. The van der Waals surface area contributed by atoms with Crippen LogP contribution in [0.15, 0.2) is 72.9 Å². The molecule has 3 aromatic rings. The number of hydrogen-bond donors (Lipinski definition) is 1. The Labute approximate surface area is 231 Å². The molecule has 0 unspecified atom stereocenters. The van der Waals surface area contributed by atoms with Crippen molar-refractivity contribution < 1.29 is 14.3 Å². The summed E-state index contributed by atoms with van der Waals surface area (Å²) in [5.41, 5.74) is 4.99. The van der Waals surface area contributed by atoms with E-state index in [4.69, 9.17) is 4.74 Å². The highest BCUT2D eigenvalue weighted by Crippen LogP contribution is 2.29. The van der Waals surface area contributed by atoms with Crippen molar-refractivity contribution in [3.8, 4) is 5.75 Å². The van der Waals surface area contributed by atoms with E-state index in [1.165, 1.54) is 30.3 Å². The lowest BCUT2D eigenvalue weighted by Gasteiger charge is -2.39. The van der Waals surface area contributed by atoms with Crippen LogP contribution in [0.4, 0.5) is 0 Å². The van der Waals surface area contributed by atoms with E-state index in [2.05, 4.69) is 80.8 Å². The SMILES string of the molecule is CC(=O)Oc1cnc(C)c(C=CC(=O)NCCCN2CCN(C(c3ccccc3)c3ccccc3)CC2)c1C. The van der Waals surface area contributed by atoms with Crippen molar-refractivity contribution in [3.63, 3.8) is 0 Å². The van der Waals surface area contributed by atoms with Crippen LogP contribution >= 0.6 is 0 Å². The molecule has 0 radical (unpaired) electrons. The Morgan fingerprint density at radius 3 is 2.18 bits per heavy atom. The zero-order valence-electron chi connectivity index (χ0n) is 23.1. The van der Waals surface area contributed by atoms with E-state index in [1.54, 1.807) is 6.08 Å². The Bertz CT molecular complexity index is 1230. The number of carbonyl (C=O) groups is 2. The summed E-state index contributed by atoms with van der Waals surface area (Å²) >= 11 is 0. The molecule has 2 heterocycles. The topological polar surface area (TPSA) is 74.8 Å². The normalized spacial score (nSPS) is 14.6. The second-order valence-electron chi connectivity index (χ2n) is 9.92. The molecular weight excluding hydrogens is 488 g/mol. The zero-order chi connectivity index (χ0) is 27.6. The molecule has 0 saturated carbocycles. The Morgan fingerprint density at radius 1 is 0.974 bits per heavy atom. The van der Waals surface area contributed by atoms with E-state index >= 15 is 0 Å². The molecule has 39 heavy (non-hydrogen) atoms. The van der Waals surface area contributed by atoms with Gasteiger partial charge in [0.2, 0.25) is 5.91 Å². The van der Waals surface area contributed by atoms with Crippen LogP contribution in [-0.2, 0) is 9.59 Å². The van der Waals surface area contributed by atoms with Crippen LogP contribution in [0.2, 0.25) is 0 Å². The Morgan fingerprint density at radius 2 is 1.59 bits per heavy atom. The number of benzene rings is 2. The van der Waals surface area contributed by atoms with Crippen molar-refractivity contribution in [2.75, 3.05) is 39.3 Å². The van der Waals surface area contributed by atoms with Gasteiger partial charge in [0.1, 0.15) is 0 Å². The highest BCUT2D eigenvalue weighted by Gasteiger charge is 2.26. The van der Waals surface area contributed by atoms with Crippen molar-refractivity contribution >= 4 is 18.0 Å². The molecule has 1 N–H and O–H groups in total. The smallest absolute Gasteiger partial charge is 0.308 e. The lowest BCUT2D eigenvalue weighted by Crippen LogP contribution is -2.48. The second kappa shape index (κ2) is 13.8. The number of carbonyl (C=O) groups excluding carboxylic acids is 2. The zero-order valence-corrected chi connectivity index (χ0v) is 23.1. The first-order valence-corrected chi connectivity index (χ1v) is 13.6. The van der Waals surface area contributed by atoms with Crippen LogP contribution in [0.5, 0.6) is 5.75 Å². The van der Waals surface area contributed by atoms with Gasteiger partial charge < -0.3 is 15.0 Å². The lowest BCUT2D eigenvalue weighted by atomic mass is 9.96. The van der Waals surface area contributed by atoms with Gasteiger partial charge in [0.25, 0.3) is 0 Å². The summed E-state index contributed by atoms with van der Waals surface area (Å²) in [6.07, 6.45) is 5.67. The van der Waals surface area contributed by atoms with Crippen molar-refractivity contribution in [2.45, 2.75) is 33.2 Å². The predicted octanol–water partition coefficient (Wildman–Crippen LogP) is 4.55. The number of esters is 1. The first-order chi connectivity index (χ1) is 18.9. The highest BCUT2D eigenvalue weighted by molar-refractivity contribution is 5.92. The predicted molar refractivity (Wildman–Crippen MR) is 154 cm³/mol. The number of hydrogen-bond acceptors (Lipinski definition) is 6. The lowest BCUT2D eigenvalue weighted by molar-refractivity contribution is -0.132. The van der Waals surface area contributed by atoms with Crippen LogP contribution in [-0.4, -0.2) is 65.9 Å². The maximum atomic E-state index is 12.4. The van der Waals surface area contributed by atoms with Gasteiger partial charge in [0.15, 0.2) is 5.75 Å². The van der Waals surface area contributed by atoms with Gasteiger partial charge in [-0.3, -0.25) is 19.5 Å². The van der Waals surface area contributed by atoms with Gasteiger partial charge >= 0.3 is 5.97 Å². The molecule has 1 aliphatic rings. The molecule has 204 valence electrons. The summed E-state index contributed by atoms with van der Waals surface area (Å²) in [4.78, 5) is 33.1. The number of aryl methyl sites for hydroxylation is 1. The molecule has 0 aliphatic carbocycles. The summed E-state index contributed by atoms with van der Waals surface area (Å²) in [6.45, 7) is 10.7. The molecule has 0 atom stereocenters. The summed E-state index contributed by atoms with van der Waals surface area (Å²) < 4.78 is 5.21. The number of piperazine rings is 1. The summed E-state index contributed by atoms with van der Waals surface area (Å²) in [7, 11) is 0. The maximum Gasteiger partial charge on any atom is 0.308 e. The number of nitrogens with zero attached hydrogens (tertiary/aromatic N) is 3. The number of nitrogens with one attached hydrogen (secondary N) is 1.